The zero-order valence-electron chi connectivity index (χ0n) is 19.1. The molecule has 35 heavy (non-hydrogen) atoms. The molecule has 0 atom stereocenters. The van der Waals surface area contributed by atoms with Crippen molar-refractivity contribution in [2.45, 2.75) is 13.5 Å². The largest absolute Gasteiger partial charge is 0.366 e. The number of amides is 1. The highest BCUT2D eigenvalue weighted by Gasteiger charge is 2.22. The molecule has 1 aliphatic rings. The van der Waals surface area contributed by atoms with E-state index < -0.39 is 5.82 Å². The predicted octanol–water partition coefficient (Wildman–Crippen LogP) is 3.34. The summed E-state index contributed by atoms with van der Waals surface area (Å²) in [5.41, 5.74) is 1.90. The highest BCUT2D eigenvalue weighted by Crippen LogP contribution is 2.27. The van der Waals surface area contributed by atoms with E-state index in [9.17, 15) is 9.59 Å². The first-order chi connectivity index (χ1) is 17.0. The number of nitrogens with one attached hydrogen (secondary N) is 2. The van der Waals surface area contributed by atoms with Crippen LogP contribution >= 0.6 is 11.6 Å². The van der Waals surface area contributed by atoms with Gasteiger partial charge in [-0.25, -0.2) is 9.37 Å². The number of halogens is 2. The SMILES string of the molecule is CCNC(=O)c1ccc(N2CCN(Cc3ccc4c([nH]c(=O)c5cccnc54)c3F)CC2)c(Cl)n1. The second-order valence-corrected chi connectivity index (χ2v) is 8.80. The average molecular weight is 495 g/mol. The molecule has 180 valence electrons. The van der Waals surface area contributed by atoms with Gasteiger partial charge in [0.25, 0.3) is 11.5 Å². The quantitative estimate of drug-likeness (QED) is 0.326. The lowest BCUT2D eigenvalue weighted by atomic mass is 10.1. The van der Waals surface area contributed by atoms with Crippen LogP contribution in [0.4, 0.5) is 10.1 Å². The number of carbonyl (C=O) groups excluding carboxylic acids is 1. The molecule has 2 N–H and O–H groups in total. The molecule has 10 heteroatoms. The Labute approximate surface area is 205 Å². The van der Waals surface area contributed by atoms with Gasteiger partial charge in [-0.15, -0.1) is 0 Å². The van der Waals surface area contributed by atoms with E-state index in [1.807, 2.05) is 19.1 Å². The van der Waals surface area contributed by atoms with Crippen LogP contribution in [-0.4, -0.2) is 58.5 Å². The zero-order chi connectivity index (χ0) is 24.5. The molecule has 1 saturated heterocycles. The van der Waals surface area contributed by atoms with Crippen LogP contribution in [0.15, 0.2) is 47.4 Å². The summed E-state index contributed by atoms with van der Waals surface area (Å²) in [7, 11) is 0. The van der Waals surface area contributed by atoms with Crippen LogP contribution in [0, 0.1) is 5.82 Å². The van der Waals surface area contributed by atoms with Crippen molar-refractivity contribution >= 4 is 45.0 Å². The number of pyridine rings is 3. The van der Waals surface area contributed by atoms with Crippen LogP contribution in [0.25, 0.3) is 21.8 Å². The predicted molar refractivity (Wildman–Crippen MR) is 135 cm³/mol. The van der Waals surface area contributed by atoms with Gasteiger partial charge in [-0.2, -0.15) is 0 Å². The van der Waals surface area contributed by atoms with Gasteiger partial charge in [0.2, 0.25) is 0 Å². The van der Waals surface area contributed by atoms with Gasteiger partial charge in [0, 0.05) is 56.4 Å². The fourth-order valence-corrected chi connectivity index (χ4v) is 4.75. The number of benzene rings is 1. The molecule has 0 spiro atoms. The van der Waals surface area contributed by atoms with E-state index >= 15 is 4.39 Å². The normalized spacial score (nSPS) is 14.5. The highest BCUT2D eigenvalue weighted by atomic mass is 35.5. The first-order valence-electron chi connectivity index (χ1n) is 11.5. The number of H-pyrrole nitrogens is 1. The van der Waals surface area contributed by atoms with Gasteiger partial charge in [-0.3, -0.25) is 19.5 Å². The Morgan fingerprint density at radius 2 is 1.94 bits per heavy atom. The Morgan fingerprint density at radius 3 is 2.69 bits per heavy atom. The summed E-state index contributed by atoms with van der Waals surface area (Å²) >= 11 is 6.37. The van der Waals surface area contributed by atoms with Crippen molar-refractivity contribution < 1.29 is 9.18 Å². The number of carbonyl (C=O) groups is 1. The lowest BCUT2D eigenvalue weighted by Gasteiger charge is -2.36. The summed E-state index contributed by atoms with van der Waals surface area (Å²) in [6.07, 6.45) is 1.60. The molecule has 4 heterocycles. The molecule has 1 aromatic carbocycles. The lowest BCUT2D eigenvalue weighted by Crippen LogP contribution is -2.46. The maximum absolute atomic E-state index is 15.4. The first-order valence-corrected chi connectivity index (χ1v) is 11.8. The van der Waals surface area contributed by atoms with E-state index in [4.69, 9.17) is 11.6 Å². The molecule has 4 aromatic rings. The maximum Gasteiger partial charge on any atom is 0.269 e. The number of fused-ring (bicyclic) bond motifs is 3. The summed E-state index contributed by atoms with van der Waals surface area (Å²) in [5, 5.41) is 4.02. The van der Waals surface area contributed by atoms with Gasteiger partial charge in [0.15, 0.2) is 11.0 Å². The summed E-state index contributed by atoms with van der Waals surface area (Å²) in [5.74, 6) is -0.684. The van der Waals surface area contributed by atoms with Gasteiger partial charge in [0.05, 0.1) is 22.1 Å². The van der Waals surface area contributed by atoms with Crippen LogP contribution in [0.3, 0.4) is 0 Å². The Balaban J connectivity index is 1.30. The third-order valence-corrected chi connectivity index (χ3v) is 6.55. The van der Waals surface area contributed by atoms with Crippen molar-refractivity contribution in [1.82, 2.24) is 25.2 Å². The molecule has 0 aliphatic carbocycles. The van der Waals surface area contributed by atoms with Crippen LogP contribution in [-0.2, 0) is 6.54 Å². The van der Waals surface area contributed by atoms with Crippen LogP contribution in [0.2, 0.25) is 5.15 Å². The van der Waals surface area contributed by atoms with E-state index in [1.165, 1.54) is 0 Å². The molecule has 0 saturated carbocycles. The molecule has 0 radical (unpaired) electrons. The summed E-state index contributed by atoms with van der Waals surface area (Å²) in [4.78, 5) is 39.9. The van der Waals surface area contributed by atoms with Gasteiger partial charge >= 0.3 is 0 Å². The molecule has 1 fully saturated rings. The minimum Gasteiger partial charge on any atom is -0.366 e. The van der Waals surface area contributed by atoms with E-state index in [0.717, 1.165) is 5.69 Å². The Morgan fingerprint density at radius 1 is 1.14 bits per heavy atom. The number of hydrogen-bond donors (Lipinski definition) is 2. The molecular formula is C25H24ClFN6O2. The molecular weight excluding hydrogens is 471 g/mol. The minimum atomic E-state index is -0.428. The van der Waals surface area contributed by atoms with E-state index in [0.29, 0.717) is 61.1 Å². The number of aromatic nitrogens is 3. The monoisotopic (exact) mass is 494 g/mol. The summed E-state index contributed by atoms with van der Waals surface area (Å²) in [6, 6.07) is 10.4. The van der Waals surface area contributed by atoms with Gasteiger partial charge < -0.3 is 15.2 Å². The third-order valence-electron chi connectivity index (χ3n) is 6.27. The fourth-order valence-electron chi connectivity index (χ4n) is 4.47. The van der Waals surface area contributed by atoms with Gasteiger partial charge in [-0.05, 0) is 31.2 Å². The molecule has 8 nitrogen and oxygen atoms in total. The number of hydrogen-bond acceptors (Lipinski definition) is 6. The molecule has 3 aromatic heterocycles. The number of rotatable bonds is 5. The van der Waals surface area contributed by atoms with Crippen LogP contribution in [0.5, 0.6) is 0 Å². The zero-order valence-corrected chi connectivity index (χ0v) is 19.9. The maximum atomic E-state index is 15.4. The number of nitrogens with zero attached hydrogens (tertiary/aromatic N) is 4. The molecule has 0 bridgehead atoms. The van der Waals surface area contributed by atoms with E-state index in [2.05, 4.69) is 30.1 Å². The number of aromatic amines is 1. The summed E-state index contributed by atoms with van der Waals surface area (Å²) in [6.45, 7) is 5.53. The number of piperazine rings is 1. The first kappa shape index (κ1) is 23.2. The van der Waals surface area contributed by atoms with Crippen molar-refractivity contribution in [2.24, 2.45) is 0 Å². The second-order valence-electron chi connectivity index (χ2n) is 8.44. The van der Waals surface area contributed by atoms with Crippen molar-refractivity contribution in [2.75, 3.05) is 37.6 Å². The average Bonchev–Trinajstić information content (AvgIpc) is 2.87. The summed E-state index contributed by atoms with van der Waals surface area (Å²) < 4.78 is 15.4. The topological polar surface area (TPSA) is 94.2 Å². The smallest absolute Gasteiger partial charge is 0.269 e. The second kappa shape index (κ2) is 9.59. The van der Waals surface area contributed by atoms with Gasteiger partial charge in [-0.1, -0.05) is 23.7 Å². The molecule has 0 unspecified atom stereocenters. The highest BCUT2D eigenvalue weighted by molar-refractivity contribution is 6.32. The minimum absolute atomic E-state index is 0.183. The Hall–Kier alpha value is -3.56. The van der Waals surface area contributed by atoms with Crippen molar-refractivity contribution in [3.05, 3.63) is 75.2 Å². The van der Waals surface area contributed by atoms with Crippen molar-refractivity contribution in [1.29, 1.82) is 0 Å². The Kier molecular flexibility index (Phi) is 6.36. The van der Waals surface area contributed by atoms with Crippen LogP contribution in [0.1, 0.15) is 23.0 Å². The van der Waals surface area contributed by atoms with Crippen molar-refractivity contribution in [3.8, 4) is 0 Å². The molecule has 5 rings (SSSR count). The Bertz CT molecular complexity index is 1480. The van der Waals surface area contributed by atoms with Crippen LogP contribution < -0.4 is 15.8 Å². The van der Waals surface area contributed by atoms with E-state index in [-0.39, 0.29) is 27.8 Å². The van der Waals surface area contributed by atoms with Crippen molar-refractivity contribution in [3.63, 3.8) is 0 Å². The molecule has 1 amide bonds. The fraction of sp³-hybridized carbons (Fsp3) is 0.280. The van der Waals surface area contributed by atoms with E-state index in [1.54, 1.807) is 30.5 Å². The third kappa shape index (κ3) is 4.44. The lowest BCUT2D eigenvalue weighted by molar-refractivity contribution is 0.0951. The number of anilines is 1. The molecule has 1 aliphatic heterocycles. The van der Waals surface area contributed by atoms with Gasteiger partial charge in [0.1, 0.15) is 5.69 Å². The standard InChI is InChI=1S/C25H24ClFN6O2/c1-2-28-25(35)18-7-8-19(23(26)30-18)33-12-10-32(11-13-33)14-15-5-6-16-21-17(4-3-9-29-21)24(34)31-22(16)20(15)27/h3-9H,2,10-14H2,1H3,(H,28,35)(H,31,34).